The number of fused-ring (bicyclic) bond motifs is 4. The van der Waals surface area contributed by atoms with E-state index in [1.165, 1.54) is 0 Å². The lowest BCUT2D eigenvalue weighted by Crippen LogP contribution is -2.53. The SMILES string of the molecule is CCOc1ccccc1-c1ccc2c(c1)OCC(C)(C)C2NC(=O)O[C@@H]1CN2CCC1CC2. The lowest BCUT2D eigenvalue weighted by molar-refractivity contribution is -0.0361. The first-order chi connectivity index (χ1) is 15.9. The number of hydrogen-bond acceptors (Lipinski definition) is 5. The van der Waals surface area contributed by atoms with Crippen molar-refractivity contribution in [1.82, 2.24) is 10.2 Å². The van der Waals surface area contributed by atoms with Gasteiger partial charge in [0.2, 0.25) is 0 Å². The van der Waals surface area contributed by atoms with E-state index in [9.17, 15) is 4.79 Å². The van der Waals surface area contributed by atoms with Gasteiger partial charge in [0, 0.05) is 23.1 Å². The number of hydrogen-bond donors (Lipinski definition) is 1. The second-order valence-electron chi connectivity index (χ2n) is 10.1. The molecular formula is C27H34N2O4. The van der Waals surface area contributed by atoms with Crippen molar-refractivity contribution < 1.29 is 19.0 Å². The van der Waals surface area contributed by atoms with E-state index >= 15 is 0 Å². The average molecular weight is 451 g/mol. The van der Waals surface area contributed by atoms with Crippen molar-refractivity contribution in [3.05, 3.63) is 48.0 Å². The third-order valence-electron chi connectivity index (χ3n) is 7.32. The summed E-state index contributed by atoms with van der Waals surface area (Å²) < 4.78 is 17.9. The zero-order valence-corrected chi connectivity index (χ0v) is 19.8. The second-order valence-corrected chi connectivity index (χ2v) is 10.1. The molecule has 2 aromatic rings. The van der Waals surface area contributed by atoms with Gasteiger partial charge in [-0.3, -0.25) is 4.90 Å². The molecule has 33 heavy (non-hydrogen) atoms. The predicted molar refractivity (Wildman–Crippen MR) is 128 cm³/mol. The molecule has 3 saturated heterocycles. The van der Waals surface area contributed by atoms with Gasteiger partial charge in [0.1, 0.15) is 17.6 Å². The minimum atomic E-state index is -0.328. The Morgan fingerprint density at radius 2 is 1.97 bits per heavy atom. The van der Waals surface area contributed by atoms with Crippen LogP contribution in [0.2, 0.25) is 0 Å². The lowest BCUT2D eigenvalue weighted by atomic mass is 9.78. The number of carbonyl (C=O) groups is 1. The van der Waals surface area contributed by atoms with Crippen molar-refractivity contribution >= 4 is 6.09 Å². The van der Waals surface area contributed by atoms with E-state index in [1.807, 2.05) is 25.1 Å². The number of nitrogens with zero attached hydrogens (tertiary/aromatic N) is 1. The molecule has 1 N–H and O–H groups in total. The number of alkyl carbamates (subject to hydrolysis) is 1. The molecule has 3 fully saturated rings. The number of ether oxygens (including phenoxy) is 3. The van der Waals surface area contributed by atoms with E-state index < -0.39 is 0 Å². The molecule has 2 aromatic carbocycles. The Hall–Kier alpha value is -2.73. The minimum absolute atomic E-state index is 0.00707. The molecule has 4 aliphatic rings. The maximum Gasteiger partial charge on any atom is 0.407 e. The van der Waals surface area contributed by atoms with Gasteiger partial charge in [-0.15, -0.1) is 0 Å². The van der Waals surface area contributed by atoms with Crippen LogP contribution in [-0.2, 0) is 4.74 Å². The zero-order chi connectivity index (χ0) is 23.0. The van der Waals surface area contributed by atoms with Gasteiger partial charge in [0.05, 0.1) is 19.3 Å². The summed E-state index contributed by atoms with van der Waals surface area (Å²) in [6, 6.07) is 14.0. The van der Waals surface area contributed by atoms with E-state index in [-0.39, 0.29) is 23.7 Å². The van der Waals surface area contributed by atoms with Crippen LogP contribution in [0.5, 0.6) is 11.5 Å². The highest BCUT2D eigenvalue weighted by atomic mass is 16.6. The van der Waals surface area contributed by atoms with Crippen LogP contribution >= 0.6 is 0 Å². The number of nitrogens with one attached hydrogen (secondary N) is 1. The van der Waals surface area contributed by atoms with Crippen LogP contribution in [0.25, 0.3) is 11.1 Å². The van der Waals surface area contributed by atoms with Crippen LogP contribution in [0.15, 0.2) is 42.5 Å². The van der Waals surface area contributed by atoms with Crippen molar-refractivity contribution in [1.29, 1.82) is 0 Å². The fourth-order valence-corrected chi connectivity index (χ4v) is 5.43. The molecule has 0 aromatic heterocycles. The molecule has 4 aliphatic heterocycles. The summed E-state index contributed by atoms with van der Waals surface area (Å²) in [5.74, 6) is 2.14. The van der Waals surface area contributed by atoms with Gasteiger partial charge in [-0.1, -0.05) is 44.2 Å². The van der Waals surface area contributed by atoms with E-state index in [0.717, 1.165) is 60.7 Å². The summed E-state index contributed by atoms with van der Waals surface area (Å²) in [6.07, 6.45) is 1.91. The number of piperidine rings is 3. The van der Waals surface area contributed by atoms with Gasteiger partial charge >= 0.3 is 6.09 Å². The van der Waals surface area contributed by atoms with Crippen LogP contribution in [0.3, 0.4) is 0 Å². The third-order valence-corrected chi connectivity index (χ3v) is 7.32. The molecule has 176 valence electrons. The summed E-state index contributed by atoms with van der Waals surface area (Å²) in [6.45, 7) is 10.5. The second kappa shape index (κ2) is 8.90. The highest BCUT2D eigenvalue weighted by molar-refractivity contribution is 5.73. The molecule has 6 rings (SSSR count). The molecule has 0 saturated carbocycles. The Labute approximate surface area is 196 Å². The summed E-state index contributed by atoms with van der Waals surface area (Å²) in [4.78, 5) is 15.3. The van der Waals surface area contributed by atoms with Crippen molar-refractivity contribution in [3.8, 4) is 22.6 Å². The van der Waals surface area contributed by atoms with E-state index in [2.05, 4.69) is 48.3 Å². The molecule has 0 aliphatic carbocycles. The molecule has 4 heterocycles. The van der Waals surface area contributed by atoms with E-state index in [4.69, 9.17) is 14.2 Å². The highest BCUT2D eigenvalue weighted by Crippen LogP contribution is 2.45. The monoisotopic (exact) mass is 450 g/mol. The predicted octanol–water partition coefficient (Wildman–Crippen LogP) is 5.03. The standard InChI is InChI=1S/C27H34N2O4/c1-4-31-22-8-6-5-7-20(22)19-9-10-21-23(15-19)32-17-27(2,3)25(21)28-26(30)33-24-16-29-13-11-18(24)12-14-29/h5-10,15,18,24-25H,4,11-14,16-17H2,1-3H3,(H,28,30)/t24-,25?/m1/s1. The van der Waals surface area contributed by atoms with Gasteiger partial charge in [-0.05, 0) is 56.5 Å². The molecule has 6 heteroatoms. The smallest absolute Gasteiger partial charge is 0.407 e. The minimum Gasteiger partial charge on any atom is -0.493 e. The largest absolute Gasteiger partial charge is 0.493 e. The summed E-state index contributed by atoms with van der Waals surface area (Å²) >= 11 is 0. The molecule has 2 atom stereocenters. The molecule has 0 radical (unpaired) electrons. The van der Waals surface area contributed by atoms with Gasteiger partial charge in [-0.2, -0.15) is 0 Å². The molecule has 6 nitrogen and oxygen atoms in total. The molecule has 1 amide bonds. The van der Waals surface area contributed by atoms with Gasteiger partial charge < -0.3 is 19.5 Å². The Balaban J connectivity index is 1.36. The van der Waals surface area contributed by atoms with Crippen molar-refractivity contribution in [2.45, 2.75) is 45.8 Å². The van der Waals surface area contributed by atoms with Crippen molar-refractivity contribution in [3.63, 3.8) is 0 Å². The first-order valence-electron chi connectivity index (χ1n) is 12.1. The Bertz CT molecular complexity index is 1010. The third kappa shape index (κ3) is 4.41. The van der Waals surface area contributed by atoms with Crippen LogP contribution in [0, 0.1) is 11.3 Å². The number of rotatable bonds is 5. The Morgan fingerprint density at radius 1 is 1.18 bits per heavy atom. The van der Waals surface area contributed by atoms with Gasteiger partial charge in [0.15, 0.2) is 0 Å². The molecule has 2 bridgehead atoms. The molecule has 1 unspecified atom stereocenters. The maximum absolute atomic E-state index is 12.9. The zero-order valence-electron chi connectivity index (χ0n) is 19.8. The number of para-hydroxylation sites is 1. The fourth-order valence-electron chi connectivity index (χ4n) is 5.43. The maximum atomic E-state index is 12.9. The average Bonchev–Trinajstić information content (AvgIpc) is 2.82. The van der Waals surface area contributed by atoms with E-state index in [1.54, 1.807) is 0 Å². The lowest BCUT2D eigenvalue weighted by Gasteiger charge is -2.44. The van der Waals surface area contributed by atoms with Gasteiger partial charge in [0.25, 0.3) is 0 Å². The van der Waals surface area contributed by atoms with Crippen LogP contribution < -0.4 is 14.8 Å². The highest BCUT2D eigenvalue weighted by Gasteiger charge is 2.41. The number of amides is 1. The number of benzene rings is 2. The topological polar surface area (TPSA) is 60.0 Å². The van der Waals surface area contributed by atoms with E-state index in [0.29, 0.717) is 19.1 Å². The quantitative estimate of drug-likeness (QED) is 0.692. The molecule has 0 spiro atoms. The van der Waals surface area contributed by atoms with Crippen LogP contribution in [0.4, 0.5) is 4.79 Å². The summed E-state index contributed by atoms with van der Waals surface area (Å²) in [7, 11) is 0. The van der Waals surface area contributed by atoms with Gasteiger partial charge in [-0.25, -0.2) is 4.79 Å². The van der Waals surface area contributed by atoms with Crippen LogP contribution in [-0.4, -0.2) is 49.9 Å². The normalized spacial score (nSPS) is 27.2. The summed E-state index contributed by atoms with van der Waals surface area (Å²) in [5, 5.41) is 3.18. The van der Waals surface area contributed by atoms with Crippen molar-refractivity contribution in [2.75, 3.05) is 32.8 Å². The first-order valence-corrected chi connectivity index (χ1v) is 12.1. The Morgan fingerprint density at radius 3 is 2.70 bits per heavy atom. The fraction of sp³-hybridized carbons (Fsp3) is 0.519. The number of carbonyl (C=O) groups excluding carboxylic acids is 1. The van der Waals surface area contributed by atoms with Crippen LogP contribution in [0.1, 0.15) is 45.2 Å². The Kier molecular flexibility index (Phi) is 5.95. The molecular weight excluding hydrogens is 416 g/mol. The summed E-state index contributed by atoms with van der Waals surface area (Å²) in [5.41, 5.74) is 2.79. The van der Waals surface area contributed by atoms with Crippen molar-refractivity contribution in [2.24, 2.45) is 11.3 Å². The first kappa shape index (κ1) is 22.1.